The van der Waals surface area contributed by atoms with Crippen molar-refractivity contribution in [1.82, 2.24) is 14.8 Å². The second-order valence-electron chi connectivity index (χ2n) is 12.0. The lowest BCUT2D eigenvalue weighted by Crippen LogP contribution is -2.55. The van der Waals surface area contributed by atoms with Gasteiger partial charge in [-0.05, 0) is 44.3 Å². The number of aromatic hydroxyl groups is 1. The van der Waals surface area contributed by atoms with Gasteiger partial charge in [0.05, 0.1) is 18.5 Å². The van der Waals surface area contributed by atoms with Gasteiger partial charge in [-0.15, -0.1) is 0 Å². The van der Waals surface area contributed by atoms with E-state index in [1.54, 1.807) is 12.1 Å². The van der Waals surface area contributed by atoms with Gasteiger partial charge in [0.1, 0.15) is 29.8 Å². The minimum Gasteiger partial charge on any atom is -0.508 e. The lowest BCUT2D eigenvalue weighted by Gasteiger charge is -2.42. The third-order valence-corrected chi connectivity index (χ3v) is 9.30. The summed E-state index contributed by atoms with van der Waals surface area (Å²) in [5, 5.41) is 32.5. The Morgan fingerprint density at radius 1 is 1.13 bits per heavy atom. The van der Waals surface area contributed by atoms with E-state index in [2.05, 4.69) is 35.6 Å². The van der Waals surface area contributed by atoms with E-state index in [9.17, 15) is 24.8 Å². The average molecular weight is 610 g/mol. The van der Waals surface area contributed by atoms with E-state index in [0.29, 0.717) is 44.0 Å². The first-order chi connectivity index (χ1) is 21.8. The van der Waals surface area contributed by atoms with Gasteiger partial charge in [-0.2, -0.15) is 15.5 Å². The van der Waals surface area contributed by atoms with Crippen molar-refractivity contribution in [2.45, 2.75) is 44.3 Å². The summed E-state index contributed by atoms with van der Waals surface area (Å²) < 4.78 is 20.2. The van der Waals surface area contributed by atoms with Crippen LogP contribution in [0, 0.1) is 22.7 Å². The van der Waals surface area contributed by atoms with Crippen molar-refractivity contribution < 1.29 is 19.0 Å². The van der Waals surface area contributed by atoms with E-state index in [4.69, 9.17) is 9.72 Å². The number of likely N-dealkylation sites (tertiary alicyclic amines) is 1. The third kappa shape index (κ3) is 5.84. The van der Waals surface area contributed by atoms with Crippen molar-refractivity contribution in [1.29, 1.82) is 10.5 Å². The molecule has 2 atom stereocenters. The Balaban J connectivity index is 1.40. The number of anilines is 2. The normalized spacial score (nSPS) is 20.0. The topological polar surface area (TPSA) is 120 Å². The smallest absolute Gasteiger partial charge is 0.282 e. The van der Waals surface area contributed by atoms with E-state index < -0.39 is 17.8 Å². The van der Waals surface area contributed by atoms with Crippen LogP contribution < -0.4 is 14.5 Å². The highest BCUT2D eigenvalue weighted by Gasteiger charge is 2.36. The molecule has 4 heterocycles. The van der Waals surface area contributed by atoms with Crippen LogP contribution in [0.4, 0.5) is 15.9 Å². The van der Waals surface area contributed by atoms with Gasteiger partial charge in [-0.25, -0.2) is 4.39 Å². The maximum atomic E-state index is 13.8. The number of pyridine rings is 1. The summed E-state index contributed by atoms with van der Waals surface area (Å²) >= 11 is 0. The number of nitrogens with zero attached hydrogens (tertiary/aromatic N) is 7. The summed E-state index contributed by atoms with van der Waals surface area (Å²) in [6.45, 7) is 6.44. The minimum absolute atomic E-state index is 0.0315. The summed E-state index contributed by atoms with van der Waals surface area (Å²) in [5.74, 6) is -0.757. The zero-order valence-corrected chi connectivity index (χ0v) is 25.4. The maximum Gasteiger partial charge on any atom is 0.282 e. The van der Waals surface area contributed by atoms with Crippen LogP contribution in [-0.2, 0) is 17.8 Å². The van der Waals surface area contributed by atoms with Gasteiger partial charge in [-0.1, -0.05) is 30.8 Å². The predicted octanol–water partition coefficient (Wildman–Crippen LogP) is 4.26. The molecule has 1 aromatic heterocycles. The van der Waals surface area contributed by atoms with Crippen LogP contribution in [0.5, 0.6) is 11.6 Å². The average Bonchev–Trinajstić information content (AvgIpc) is 3.46. The molecule has 0 radical (unpaired) electrons. The molecule has 3 aliphatic rings. The highest BCUT2D eigenvalue weighted by Crippen LogP contribution is 2.40. The SMILES string of the molecule is C=C(F)C(=O)N1CCN(c2nc(OC[C@@H]3CCCN3C)c(C#N)c3c2CCN(c2cc(O)cc4ccccc24)C3)C[C@H]1CC#N. The molecule has 1 N–H and O–H groups in total. The highest BCUT2D eigenvalue weighted by atomic mass is 19.1. The highest BCUT2D eigenvalue weighted by molar-refractivity contribution is 5.96. The van der Waals surface area contributed by atoms with Crippen LogP contribution in [-0.4, -0.2) is 84.3 Å². The first-order valence-electron chi connectivity index (χ1n) is 15.3. The molecule has 3 aliphatic heterocycles. The zero-order valence-electron chi connectivity index (χ0n) is 25.4. The fourth-order valence-electron chi connectivity index (χ4n) is 6.93. The Bertz CT molecular complexity index is 1730. The van der Waals surface area contributed by atoms with Gasteiger partial charge in [0.25, 0.3) is 5.91 Å². The fourth-order valence-corrected chi connectivity index (χ4v) is 6.93. The van der Waals surface area contributed by atoms with Crippen LogP contribution in [0.3, 0.4) is 0 Å². The number of nitriles is 2. The number of benzene rings is 2. The molecular weight excluding hydrogens is 573 g/mol. The Hall–Kier alpha value is -4.87. The molecule has 45 heavy (non-hydrogen) atoms. The van der Waals surface area contributed by atoms with Crippen LogP contribution >= 0.6 is 0 Å². The number of aromatic nitrogens is 1. The Kier molecular flexibility index (Phi) is 8.46. The number of fused-ring (bicyclic) bond motifs is 2. The number of ether oxygens (including phenoxy) is 1. The first kappa shape index (κ1) is 30.2. The number of phenolic OH excluding ortho intramolecular Hbond substituents is 1. The van der Waals surface area contributed by atoms with Crippen LogP contribution in [0.25, 0.3) is 10.8 Å². The van der Waals surface area contributed by atoms with Crippen molar-refractivity contribution in [3.8, 4) is 23.8 Å². The number of halogens is 1. The molecule has 0 bridgehead atoms. The number of rotatable bonds is 7. The summed E-state index contributed by atoms with van der Waals surface area (Å²) in [5.41, 5.74) is 2.99. The molecule has 6 rings (SSSR count). The van der Waals surface area contributed by atoms with Crippen molar-refractivity contribution in [3.05, 3.63) is 65.5 Å². The molecule has 2 fully saturated rings. The Labute approximate surface area is 262 Å². The summed E-state index contributed by atoms with van der Waals surface area (Å²) in [7, 11) is 2.07. The number of phenols is 1. The van der Waals surface area contributed by atoms with Crippen molar-refractivity contribution in [2.75, 3.05) is 56.2 Å². The number of hydrogen-bond acceptors (Lipinski definition) is 9. The summed E-state index contributed by atoms with van der Waals surface area (Å²) in [6.07, 6.45) is 2.69. The lowest BCUT2D eigenvalue weighted by molar-refractivity contribution is -0.131. The zero-order chi connectivity index (χ0) is 31.7. The quantitative estimate of drug-likeness (QED) is 0.392. The molecule has 0 spiro atoms. The van der Waals surface area contributed by atoms with Crippen molar-refractivity contribution >= 4 is 28.2 Å². The second-order valence-corrected chi connectivity index (χ2v) is 12.0. The second kappa shape index (κ2) is 12.6. The number of piperazine rings is 1. The maximum absolute atomic E-state index is 13.8. The van der Waals surface area contributed by atoms with Crippen LogP contribution in [0.15, 0.2) is 48.8 Å². The van der Waals surface area contributed by atoms with E-state index in [0.717, 1.165) is 47.0 Å². The van der Waals surface area contributed by atoms with Gasteiger partial charge >= 0.3 is 0 Å². The molecule has 2 aromatic carbocycles. The van der Waals surface area contributed by atoms with E-state index in [-0.39, 0.29) is 37.2 Å². The van der Waals surface area contributed by atoms with Crippen LogP contribution in [0.1, 0.15) is 36.0 Å². The standard InChI is InChI=1S/C34H36FN7O3/c1-22(35)34(44)42-15-14-41(19-24(42)9-11-36)32-28-10-13-40(31-17-26(43)16-23-6-3-4-8-27(23)31)20-30(28)29(18-37)33(38-32)45-21-25-7-5-12-39(25)2/h3-4,6,8,16-17,24-25,43H,1,5,7,9-10,12-15,19-21H2,2H3/t24-,25+/m1/s1. The molecule has 3 aromatic rings. The van der Waals surface area contributed by atoms with Gasteiger partial charge in [0, 0.05) is 67.0 Å². The van der Waals surface area contributed by atoms with Crippen molar-refractivity contribution in [2.24, 2.45) is 0 Å². The van der Waals surface area contributed by atoms with Crippen molar-refractivity contribution in [3.63, 3.8) is 0 Å². The molecular formula is C34H36FN7O3. The van der Waals surface area contributed by atoms with E-state index >= 15 is 0 Å². The molecule has 0 saturated carbocycles. The number of likely N-dealkylation sites (N-methyl/N-ethyl adjacent to an activating group) is 1. The van der Waals surface area contributed by atoms with Gasteiger partial charge < -0.3 is 29.4 Å². The molecule has 10 nitrogen and oxygen atoms in total. The summed E-state index contributed by atoms with van der Waals surface area (Å²) in [4.78, 5) is 25.3. The molecule has 232 valence electrons. The summed E-state index contributed by atoms with van der Waals surface area (Å²) in [6, 6.07) is 15.6. The predicted molar refractivity (Wildman–Crippen MR) is 169 cm³/mol. The monoisotopic (exact) mass is 609 g/mol. The Morgan fingerprint density at radius 2 is 1.96 bits per heavy atom. The fraction of sp³-hybridized carbons (Fsp3) is 0.412. The van der Waals surface area contributed by atoms with Gasteiger partial charge in [-0.3, -0.25) is 4.79 Å². The number of carbonyl (C=O) groups is 1. The third-order valence-electron chi connectivity index (χ3n) is 9.30. The number of hydrogen-bond donors (Lipinski definition) is 1. The molecule has 1 amide bonds. The van der Waals surface area contributed by atoms with E-state index in [1.165, 1.54) is 4.90 Å². The number of amides is 1. The Morgan fingerprint density at radius 3 is 2.69 bits per heavy atom. The van der Waals surface area contributed by atoms with E-state index in [1.807, 2.05) is 29.2 Å². The van der Waals surface area contributed by atoms with Crippen LogP contribution in [0.2, 0.25) is 0 Å². The minimum atomic E-state index is -1.05. The van der Waals surface area contributed by atoms with Gasteiger partial charge in [0.2, 0.25) is 5.88 Å². The molecule has 11 heteroatoms. The first-order valence-corrected chi connectivity index (χ1v) is 15.3. The molecule has 2 saturated heterocycles. The van der Waals surface area contributed by atoms with Gasteiger partial charge in [0.15, 0.2) is 5.83 Å². The number of carbonyl (C=O) groups excluding carboxylic acids is 1. The molecule has 0 unspecified atom stereocenters. The largest absolute Gasteiger partial charge is 0.508 e. The lowest BCUT2D eigenvalue weighted by atomic mass is 9.94. The molecule has 0 aliphatic carbocycles.